The summed E-state index contributed by atoms with van der Waals surface area (Å²) in [6.07, 6.45) is 22.5. The largest absolute Gasteiger partial charge is 0.391 e. The molecular weight excluding hydrogens is 424 g/mol. The van der Waals surface area contributed by atoms with Crippen LogP contribution in [0.2, 0.25) is 0 Å². The zero-order valence-corrected chi connectivity index (χ0v) is 21.7. The molecule has 6 heteroatoms. The maximum absolute atomic E-state index is 9.99. The minimum atomic E-state index is -0.593. The second-order valence-electron chi connectivity index (χ2n) is 7.63. The van der Waals surface area contributed by atoms with Crippen LogP contribution in [-0.2, 0) is 4.74 Å². The van der Waals surface area contributed by atoms with Crippen molar-refractivity contribution in [3.8, 4) is 0 Å². The van der Waals surface area contributed by atoms with E-state index in [4.69, 9.17) is 4.74 Å². The predicted octanol–water partition coefficient (Wildman–Crippen LogP) is 4.94. The number of aliphatic hydroxyl groups excluding tert-OH is 1. The number of nitrogens with zero attached hydrogens (tertiary/aromatic N) is 2. The summed E-state index contributed by atoms with van der Waals surface area (Å²) in [5.41, 5.74) is 2.07. The molecule has 4 unspecified atom stereocenters. The molecule has 0 bridgehead atoms. The lowest BCUT2D eigenvalue weighted by Gasteiger charge is -2.29. The molecule has 34 heavy (non-hydrogen) atoms. The van der Waals surface area contributed by atoms with Gasteiger partial charge in [-0.25, -0.2) is 0 Å². The lowest BCUT2D eigenvalue weighted by molar-refractivity contribution is 0.143. The van der Waals surface area contributed by atoms with Crippen molar-refractivity contribution in [3.05, 3.63) is 78.3 Å². The Bertz CT molecular complexity index is 835. The zero-order valence-electron chi connectivity index (χ0n) is 21.7. The highest BCUT2D eigenvalue weighted by Crippen LogP contribution is 2.30. The topological polar surface area (TPSA) is 70.8 Å². The van der Waals surface area contributed by atoms with Crippen LogP contribution in [-0.4, -0.2) is 54.5 Å². The number of dihydropyridines is 1. The van der Waals surface area contributed by atoms with Gasteiger partial charge in [0.25, 0.3) is 0 Å². The molecule has 1 aliphatic carbocycles. The molecule has 0 fully saturated rings. The standard InChI is InChI=1S/C13H18N2O.C13H20N2O.C2H6/c1-3-14-13(16)11-7-6-9(2)12-10(11)5-4-8-15-12;1-3-14-9-8-13(16-2)7-6-12-15-10-4-5-11-15;1-2/h4-9,12-14,16H,3H2,1-2H3;4-6,8-14H,3,7H2,1-2H3;1-2H3/b;9-8+,12-6+;. The molecule has 3 rings (SSSR count). The van der Waals surface area contributed by atoms with E-state index >= 15 is 0 Å². The molecule has 0 saturated heterocycles. The SMILES string of the molecule is CC.CCN/C=C/C(C/C=C/n1cccc1)OC.CCNC(O)C1=C2C=CC=NC2C(C)C=C1. The van der Waals surface area contributed by atoms with Gasteiger partial charge in [-0.1, -0.05) is 52.0 Å². The molecule has 4 atom stereocenters. The molecule has 0 spiro atoms. The second-order valence-corrected chi connectivity index (χ2v) is 7.63. The summed E-state index contributed by atoms with van der Waals surface area (Å²) in [7, 11) is 1.73. The van der Waals surface area contributed by atoms with Gasteiger partial charge in [-0.2, -0.15) is 0 Å². The van der Waals surface area contributed by atoms with Crippen molar-refractivity contribution in [1.82, 2.24) is 15.2 Å². The maximum Gasteiger partial charge on any atom is 0.131 e. The average molecular weight is 469 g/mol. The minimum Gasteiger partial charge on any atom is -0.391 e. The van der Waals surface area contributed by atoms with E-state index in [-0.39, 0.29) is 12.1 Å². The number of aromatic nitrogens is 1. The Kier molecular flexibility index (Phi) is 15.3. The number of hydrogen-bond acceptors (Lipinski definition) is 5. The van der Waals surface area contributed by atoms with Gasteiger partial charge in [0.05, 0.1) is 12.1 Å². The van der Waals surface area contributed by atoms with Gasteiger partial charge >= 0.3 is 0 Å². The number of nitrogens with one attached hydrogen (secondary N) is 2. The van der Waals surface area contributed by atoms with Crippen LogP contribution >= 0.6 is 0 Å². The third-order valence-electron chi connectivity index (χ3n) is 5.24. The highest BCUT2D eigenvalue weighted by atomic mass is 16.5. The number of rotatable bonds is 10. The number of allylic oxidation sites excluding steroid dienone is 1. The van der Waals surface area contributed by atoms with Crippen molar-refractivity contribution in [1.29, 1.82) is 0 Å². The fourth-order valence-corrected chi connectivity index (χ4v) is 3.47. The number of aliphatic hydroxyl groups is 1. The van der Waals surface area contributed by atoms with Crippen molar-refractivity contribution in [2.24, 2.45) is 10.9 Å². The summed E-state index contributed by atoms with van der Waals surface area (Å²) < 4.78 is 7.34. The molecule has 6 nitrogen and oxygen atoms in total. The molecule has 2 aliphatic rings. The molecule has 1 aromatic rings. The number of fused-ring (bicyclic) bond motifs is 1. The molecule has 3 N–H and O–H groups in total. The highest BCUT2D eigenvalue weighted by molar-refractivity contribution is 5.75. The van der Waals surface area contributed by atoms with Crippen molar-refractivity contribution in [3.63, 3.8) is 0 Å². The fourth-order valence-electron chi connectivity index (χ4n) is 3.47. The van der Waals surface area contributed by atoms with E-state index in [1.165, 1.54) is 0 Å². The van der Waals surface area contributed by atoms with E-state index in [2.05, 4.69) is 41.6 Å². The first-order valence-electron chi connectivity index (χ1n) is 12.4. The highest BCUT2D eigenvalue weighted by Gasteiger charge is 2.26. The normalized spacial score (nSPS) is 20.4. The van der Waals surface area contributed by atoms with Gasteiger partial charge in [0.15, 0.2) is 0 Å². The first-order valence-corrected chi connectivity index (χ1v) is 12.4. The Morgan fingerprint density at radius 2 is 1.91 bits per heavy atom. The molecule has 0 aromatic carbocycles. The molecule has 0 saturated carbocycles. The number of aliphatic imine (C=N–C) groups is 1. The smallest absolute Gasteiger partial charge is 0.131 e. The van der Waals surface area contributed by atoms with Gasteiger partial charge in [0.2, 0.25) is 0 Å². The fraction of sp³-hybridized carbons (Fsp3) is 0.464. The summed E-state index contributed by atoms with van der Waals surface area (Å²) in [6, 6.07) is 4.17. The van der Waals surface area contributed by atoms with E-state index in [0.717, 1.165) is 30.7 Å². The van der Waals surface area contributed by atoms with Crippen LogP contribution in [0.4, 0.5) is 0 Å². The Morgan fingerprint density at radius 3 is 2.56 bits per heavy atom. The van der Waals surface area contributed by atoms with E-state index in [1.807, 2.05) is 92.8 Å². The molecule has 1 aliphatic heterocycles. The van der Waals surface area contributed by atoms with Crippen LogP contribution < -0.4 is 10.6 Å². The quantitative estimate of drug-likeness (QED) is 0.426. The van der Waals surface area contributed by atoms with Gasteiger partial charge < -0.3 is 19.7 Å². The second kappa shape index (κ2) is 17.8. The summed E-state index contributed by atoms with van der Waals surface area (Å²) in [6.45, 7) is 11.9. The first-order chi connectivity index (χ1) is 16.6. The van der Waals surface area contributed by atoms with Gasteiger partial charge in [-0.15, -0.1) is 0 Å². The lowest BCUT2D eigenvalue weighted by Crippen LogP contribution is -2.34. The van der Waals surface area contributed by atoms with Gasteiger partial charge in [-0.05, 0) is 55.9 Å². The maximum atomic E-state index is 9.99. The molecular formula is C28H44N4O2. The monoisotopic (exact) mass is 468 g/mol. The van der Waals surface area contributed by atoms with Crippen molar-refractivity contribution in [2.45, 2.75) is 59.4 Å². The molecule has 0 radical (unpaired) electrons. The van der Waals surface area contributed by atoms with Crippen molar-refractivity contribution in [2.75, 3.05) is 20.2 Å². The molecule has 1 aromatic heterocycles. The molecule has 2 heterocycles. The van der Waals surface area contributed by atoms with Crippen LogP contribution in [0.25, 0.3) is 6.20 Å². The average Bonchev–Trinajstić information content (AvgIpc) is 3.39. The Morgan fingerprint density at radius 1 is 1.18 bits per heavy atom. The number of likely N-dealkylation sites (N-methyl/N-ethyl adjacent to an activating group) is 1. The third kappa shape index (κ3) is 10.1. The number of hydrogen-bond donors (Lipinski definition) is 3. The Hall–Kier alpha value is -2.67. The lowest BCUT2D eigenvalue weighted by atomic mass is 9.84. The summed E-state index contributed by atoms with van der Waals surface area (Å²) >= 11 is 0. The van der Waals surface area contributed by atoms with Crippen LogP contribution in [0.1, 0.15) is 41.0 Å². The zero-order chi connectivity index (χ0) is 25.2. The molecule has 0 amide bonds. The van der Waals surface area contributed by atoms with Gasteiger partial charge in [0, 0.05) is 50.0 Å². The van der Waals surface area contributed by atoms with Crippen molar-refractivity contribution < 1.29 is 9.84 Å². The number of ether oxygens (including phenoxy) is 1. The van der Waals surface area contributed by atoms with Crippen LogP contribution in [0.3, 0.4) is 0 Å². The van der Waals surface area contributed by atoms with E-state index in [0.29, 0.717) is 5.92 Å². The Balaban J connectivity index is 0.000000317. The van der Waals surface area contributed by atoms with Crippen LogP contribution in [0, 0.1) is 5.92 Å². The van der Waals surface area contributed by atoms with Gasteiger partial charge in [0.1, 0.15) is 6.23 Å². The van der Waals surface area contributed by atoms with Crippen LogP contribution in [0.5, 0.6) is 0 Å². The summed E-state index contributed by atoms with van der Waals surface area (Å²) in [5.74, 6) is 0.397. The first kappa shape index (κ1) is 29.4. The van der Waals surface area contributed by atoms with Crippen molar-refractivity contribution >= 4 is 12.4 Å². The van der Waals surface area contributed by atoms with E-state index in [1.54, 1.807) is 7.11 Å². The minimum absolute atomic E-state index is 0.130. The predicted molar refractivity (Wildman–Crippen MR) is 146 cm³/mol. The number of methoxy groups -OCH3 is 1. The van der Waals surface area contributed by atoms with E-state index in [9.17, 15) is 5.11 Å². The Labute approximate surface area is 206 Å². The summed E-state index contributed by atoms with van der Waals surface area (Å²) in [5, 5.41) is 16.1. The van der Waals surface area contributed by atoms with Gasteiger partial charge in [-0.3, -0.25) is 10.3 Å². The summed E-state index contributed by atoms with van der Waals surface area (Å²) in [4.78, 5) is 4.47. The molecule has 188 valence electrons. The third-order valence-corrected chi connectivity index (χ3v) is 5.24. The van der Waals surface area contributed by atoms with Crippen LogP contribution in [0.15, 0.2) is 83.3 Å². The van der Waals surface area contributed by atoms with E-state index < -0.39 is 6.23 Å².